The van der Waals surface area contributed by atoms with Crippen molar-refractivity contribution in [1.29, 1.82) is 0 Å². The molecular weight excluding hydrogens is 222 g/mol. The minimum absolute atomic E-state index is 0.745. The van der Waals surface area contributed by atoms with E-state index in [0.29, 0.717) is 0 Å². The Morgan fingerprint density at radius 2 is 2.31 bits per heavy atom. The molecule has 0 bridgehead atoms. The quantitative estimate of drug-likeness (QED) is 0.763. The van der Waals surface area contributed by atoms with Gasteiger partial charge in [0.05, 0.1) is 17.7 Å². The van der Waals surface area contributed by atoms with Crippen molar-refractivity contribution in [2.75, 3.05) is 6.54 Å². The van der Waals surface area contributed by atoms with Crippen molar-refractivity contribution >= 4 is 11.3 Å². The number of nitrogens with two attached hydrogens (primary N) is 1. The van der Waals surface area contributed by atoms with Gasteiger partial charge in [0.25, 0.3) is 0 Å². The van der Waals surface area contributed by atoms with Crippen molar-refractivity contribution in [1.82, 2.24) is 20.0 Å². The van der Waals surface area contributed by atoms with Crippen LogP contribution < -0.4 is 5.73 Å². The van der Waals surface area contributed by atoms with Gasteiger partial charge >= 0.3 is 0 Å². The summed E-state index contributed by atoms with van der Waals surface area (Å²) in [6.45, 7) is 1.50. The molecule has 0 aromatic carbocycles. The molecule has 2 rings (SSSR count). The molecule has 0 spiro atoms. The number of hydrogen-bond donors (Lipinski definition) is 1. The molecule has 5 nitrogen and oxygen atoms in total. The summed E-state index contributed by atoms with van der Waals surface area (Å²) in [6, 6.07) is 0. The first-order valence-electron chi connectivity index (χ1n) is 5.35. The van der Waals surface area contributed by atoms with E-state index < -0.39 is 0 Å². The highest BCUT2D eigenvalue weighted by atomic mass is 32.1. The number of unbranched alkanes of at least 4 members (excludes halogenated alkanes) is 1. The molecule has 6 heteroatoms. The molecular formula is C10H15N5S. The maximum atomic E-state index is 5.44. The molecule has 0 aliphatic heterocycles. The fraction of sp³-hybridized carbons (Fsp3) is 0.500. The molecule has 0 amide bonds. The summed E-state index contributed by atoms with van der Waals surface area (Å²) in [5.41, 5.74) is 8.31. The maximum Gasteiger partial charge on any atom is 0.0827 e. The van der Waals surface area contributed by atoms with Crippen LogP contribution >= 0.6 is 11.3 Å². The summed E-state index contributed by atoms with van der Waals surface area (Å²) in [6.07, 6.45) is 6.94. The second-order valence-corrected chi connectivity index (χ2v) is 4.59. The van der Waals surface area contributed by atoms with Crippen LogP contribution in [0.15, 0.2) is 17.9 Å². The summed E-state index contributed by atoms with van der Waals surface area (Å²) < 4.78 is 1.85. The van der Waals surface area contributed by atoms with Gasteiger partial charge in [0, 0.05) is 17.3 Å². The minimum atomic E-state index is 0.745. The summed E-state index contributed by atoms with van der Waals surface area (Å²) in [5, 5.41) is 8.21. The van der Waals surface area contributed by atoms with Crippen LogP contribution in [-0.4, -0.2) is 26.5 Å². The van der Waals surface area contributed by atoms with Gasteiger partial charge < -0.3 is 5.73 Å². The third-order valence-electron chi connectivity index (χ3n) is 2.27. The van der Waals surface area contributed by atoms with Gasteiger partial charge in [-0.2, -0.15) is 0 Å². The average molecular weight is 237 g/mol. The van der Waals surface area contributed by atoms with Crippen molar-refractivity contribution in [2.24, 2.45) is 5.73 Å². The highest BCUT2D eigenvalue weighted by Gasteiger charge is 2.02. The summed E-state index contributed by atoms with van der Waals surface area (Å²) in [7, 11) is 0. The van der Waals surface area contributed by atoms with Crippen molar-refractivity contribution in [3.63, 3.8) is 0 Å². The van der Waals surface area contributed by atoms with E-state index in [1.54, 1.807) is 11.3 Å². The molecule has 2 aromatic heterocycles. The number of aryl methyl sites for hydroxylation is 1. The van der Waals surface area contributed by atoms with E-state index in [9.17, 15) is 0 Å². The Labute approximate surface area is 98.3 Å². The SMILES string of the molecule is NCCCCc1cn(Cc2cncs2)nn1. The predicted molar refractivity (Wildman–Crippen MR) is 63.2 cm³/mol. The molecule has 0 radical (unpaired) electrons. The zero-order valence-corrected chi connectivity index (χ0v) is 9.86. The Morgan fingerprint density at radius 3 is 3.06 bits per heavy atom. The Balaban J connectivity index is 1.87. The lowest BCUT2D eigenvalue weighted by Crippen LogP contribution is -1.99. The minimum Gasteiger partial charge on any atom is -0.330 e. The number of hydrogen-bond acceptors (Lipinski definition) is 5. The second kappa shape index (κ2) is 5.72. The fourth-order valence-corrected chi connectivity index (χ4v) is 2.05. The topological polar surface area (TPSA) is 69.6 Å². The molecule has 0 fully saturated rings. The smallest absolute Gasteiger partial charge is 0.0827 e. The predicted octanol–water partition coefficient (Wildman–Crippen LogP) is 1.06. The third kappa shape index (κ3) is 3.11. The first-order valence-corrected chi connectivity index (χ1v) is 6.23. The Kier molecular flexibility index (Phi) is 4.01. The molecule has 2 N–H and O–H groups in total. The molecule has 0 saturated heterocycles. The number of nitrogens with zero attached hydrogens (tertiary/aromatic N) is 4. The van der Waals surface area contributed by atoms with Crippen LogP contribution in [0.25, 0.3) is 0 Å². The molecule has 2 heterocycles. The van der Waals surface area contributed by atoms with E-state index in [2.05, 4.69) is 15.3 Å². The first-order chi connectivity index (χ1) is 7.88. The Bertz CT molecular complexity index is 409. The van der Waals surface area contributed by atoms with Gasteiger partial charge in [-0.15, -0.1) is 16.4 Å². The standard InChI is InChI=1S/C10H15N5S/c11-4-2-1-3-9-6-15(14-13-9)7-10-5-12-8-16-10/h5-6,8H,1-4,7,11H2. The molecule has 0 aliphatic rings. The zero-order chi connectivity index (χ0) is 11.2. The van der Waals surface area contributed by atoms with Crippen molar-refractivity contribution in [3.05, 3.63) is 28.5 Å². The van der Waals surface area contributed by atoms with E-state index in [-0.39, 0.29) is 0 Å². The lowest BCUT2D eigenvalue weighted by atomic mass is 10.2. The van der Waals surface area contributed by atoms with Gasteiger partial charge in [0.2, 0.25) is 0 Å². The molecule has 0 aliphatic carbocycles. The number of rotatable bonds is 6. The zero-order valence-electron chi connectivity index (χ0n) is 9.04. The van der Waals surface area contributed by atoms with E-state index in [0.717, 1.165) is 38.0 Å². The van der Waals surface area contributed by atoms with Crippen molar-refractivity contribution < 1.29 is 0 Å². The molecule has 0 unspecified atom stereocenters. The molecule has 0 atom stereocenters. The van der Waals surface area contributed by atoms with Crippen LogP contribution in [0.4, 0.5) is 0 Å². The second-order valence-electron chi connectivity index (χ2n) is 3.62. The Hall–Kier alpha value is -1.27. The van der Waals surface area contributed by atoms with E-state index in [4.69, 9.17) is 5.73 Å². The van der Waals surface area contributed by atoms with Crippen LogP contribution in [0.3, 0.4) is 0 Å². The van der Waals surface area contributed by atoms with Crippen LogP contribution in [-0.2, 0) is 13.0 Å². The lowest BCUT2D eigenvalue weighted by Gasteiger charge is -1.95. The van der Waals surface area contributed by atoms with Gasteiger partial charge in [0.1, 0.15) is 0 Å². The first kappa shape index (κ1) is 11.2. The highest BCUT2D eigenvalue weighted by molar-refractivity contribution is 7.09. The molecule has 86 valence electrons. The summed E-state index contributed by atoms with van der Waals surface area (Å²) >= 11 is 1.63. The van der Waals surface area contributed by atoms with Gasteiger partial charge in [0.15, 0.2) is 0 Å². The number of thiazole rings is 1. The monoisotopic (exact) mass is 237 g/mol. The largest absolute Gasteiger partial charge is 0.330 e. The summed E-state index contributed by atoms with van der Waals surface area (Å²) in [4.78, 5) is 5.22. The lowest BCUT2D eigenvalue weighted by molar-refractivity contribution is 0.654. The molecule has 2 aromatic rings. The number of aromatic nitrogens is 4. The Morgan fingerprint density at radius 1 is 1.38 bits per heavy atom. The van der Waals surface area contributed by atoms with Crippen LogP contribution in [0.1, 0.15) is 23.4 Å². The van der Waals surface area contributed by atoms with E-state index in [1.165, 1.54) is 4.88 Å². The van der Waals surface area contributed by atoms with Gasteiger partial charge in [-0.1, -0.05) is 5.21 Å². The van der Waals surface area contributed by atoms with Crippen molar-refractivity contribution in [2.45, 2.75) is 25.8 Å². The average Bonchev–Trinajstić information content (AvgIpc) is 2.91. The van der Waals surface area contributed by atoms with Gasteiger partial charge in [-0.3, -0.25) is 4.98 Å². The third-order valence-corrected chi connectivity index (χ3v) is 3.04. The summed E-state index contributed by atoms with van der Waals surface area (Å²) in [5.74, 6) is 0. The highest BCUT2D eigenvalue weighted by Crippen LogP contribution is 2.08. The van der Waals surface area contributed by atoms with Gasteiger partial charge in [-0.25, -0.2) is 4.68 Å². The normalized spacial score (nSPS) is 10.8. The van der Waals surface area contributed by atoms with Crippen LogP contribution in [0.2, 0.25) is 0 Å². The van der Waals surface area contributed by atoms with E-state index in [1.807, 2.05) is 22.6 Å². The molecule has 0 saturated carbocycles. The molecule has 16 heavy (non-hydrogen) atoms. The fourth-order valence-electron chi connectivity index (χ4n) is 1.46. The van der Waals surface area contributed by atoms with Gasteiger partial charge in [-0.05, 0) is 25.8 Å². The van der Waals surface area contributed by atoms with E-state index >= 15 is 0 Å². The maximum absolute atomic E-state index is 5.44. The van der Waals surface area contributed by atoms with Crippen molar-refractivity contribution in [3.8, 4) is 0 Å². The van der Waals surface area contributed by atoms with Crippen LogP contribution in [0, 0.1) is 0 Å². The van der Waals surface area contributed by atoms with Crippen LogP contribution in [0.5, 0.6) is 0 Å².